The molecule has 1 atom stereocenters. The molecule has 0 N–H and O–H groups in total. The summed E-state index contributed by atoms with van der Waals surface area (Å²) in [4.78, 5) is 6.31. The van der Waals surface area contributed by atoms with E-state index in [1.165, 1.54) is 23.8 Å². The quantitative estimate of drug-likeness (QED) is 0.538. The SMILES string of the molecule is Cc1cn(-c2ccc(/C=C3\CCCN(C(C)c4ccc(F)cc4F)C3)cc2F)cn1. The molecule has 6 heteroatoms. The molecule has 2 aromatic carbocycles. The predicted octanol–water partition coefficient (Wildman–Crippen LogP) is 5.84. The molecule has 0 saturated carbocycles. The minimum atomic E-state index is -0.570. The van der Waals surface area contributed by atoms with Gasteiger partial charge in [-0.15, -0.1) is 0 Å². The third-order valence-corrected chi connectivity index (χ3v) is 5.64. The first kappa shape index (κ1) is 20.4. The maximum Gasteiger partial charge on any atom is 0.147 e. The van der Waals surface area contributed by atoms with Gasteiger partial charge in [-0.25, -0.2) is 18.2 Å². The van der Waals surface area contributed by atoms with Crippen LogP contribution in [0.15, 0.2) is 54.5 Å². The Kier molecular flexibility index (Phi) is 5.77. The van der Waals surface area contributed by atoms with Crippen molar-refractivity contribution in [2.24, 2.45) is 0 Å². The summed E-state index contributed by atoms with van der Waals surface area (Å²) >= 11 is 0. The Morgan fingerprint density at radius 1 is 1.07 bits per heavy atom. The van der Waals surface area contributed by atoms with Gasteiger partial charge in [0.2, 0.25) is 0 Å². The maximum absolute atomic E-state index is 14.6. The topological polar surface area (TPSA) is 21.1 Å². The predicted molar refractivity (Wildman–Crippen MR) is 112 cm³/mol. The van der Waals surface area contributed by atoms with E-state index in [2.05, 4.69) is 9.88 Å². The third kappa shape index (κ3) is 4.33. The Hall–Kier alpha value is -2.86. The van der Waals surface area contributed by atoms with E-state index in [-0.39, 0.29) is 11.9 Å². The lowest BCUT2D eigenvalue weighted by Gasteiger charge is -2.34. The fourth-order valence-corrected chi connectivity index (χ4v) is 4.02. The zero-order chi connectivity index (χ0) is 21.3. The maximum atomic E-state index is 14.6. The second-order valence-corrected chi connectivity index (χ2v) is 7.85. The van der Waals surface area contributed by atoms with Crippen molar-refractivity contribution in [2.75, 3.05) is 13.1 Å². The highest BCUT2D eigenvalue weighted by molar-refractivity contribution is 5.56. The summed E-state index contributed by atoms with van der Waals surface area (Å²) in [5.74, 6) is -1.40. The Balaban J connectivity index is 1.52. The van der Waals surface area contributed by atoms with E-state index in [0.717, 1.165) is 36.7 Å². The number of hydrogen-bond donors (Lipinski definition) is 0. The molecular formula is C24H24F3N3. The summed E-state index contributed by atoms with van der Waals surface area (Å²) in [6, 6.07) is 8.74. The summed E-state index contributed by atoms with van der Waals surface area (Å²) in [5.41, 5.74) is 3.74. The van der Waals surface area contributed by atoms with Crippen LogP contribution in [0, 0.1) is 24.4 Å². The number of halogens is 3. The van der Waals surface area contributed by atoms with Crippen LogP contribution >= 0.6 is 0 Å². The zero-order valence-electron chi connectivity index (χ0n) is 17.1. The Bertz CT molecular complexity index is 1090. The molecule has 1 unspecified atom stereocenters. The number of nitrogens with zero attached hydrogens (tertiary/aromatic N) is 3. The van der Waals surface area contributed by atoms with Gasteiger partial charge in [-0.3, -0.25) is 4.90 Å². The molecule has 0 aliphatic carbocycles. The van der Waals surface area contributed by atoms with Gasteiger partial charge in [-0.05, 0) is 57.0 Å². The number of likely N-dealkylation sites (tertiary alicyclic amines) is 1. The van der Waals surface area contributed by atoms with Crippen molar-refractivity contribution in [2.45, 2.75) is 32.7 Å². The van der Waals surface area contributed by atoms with Crippen LogP contribution < -0.4 is 0 Å². The van der Waals surface area contributed by atoms with Crippen LogP contribution in [0.5, 0.6) is 0 Å². The molecule has 156 valence electrons. The highest BCUT2D eigenvalue weighted by Gasteiger charge is 2.23. The van der Waals surface area contributed by atoms with Gasteiger partial charge < -0.3 is 4.57 Å². The number of rotatable bonds is 4. The van der Waals surface area contributed by atoms with Gasteiger partial charge in [-0.1, -0.05) is 23.8 Å². The normalized spacial score (nSPS) is 17.4. The molecule has 3 aromatic rings. The number of hydrogen-bond acceptors (Lipinski definition) is 2. The van der Waals surface area contributed by atoms with Crippen molar-refractivity contribution in [1.29, 1.82) is 0 Å². The van der Waals surface area contributed by atoms with E-state index < -0.39 is 11.6 Å². The van der Waals surface area contributed by atoms with Crippen molar-refractivity contribution in [1.82, 2.24) is 14.5 Å². The highest BCUT2D eigenvalue weighted by Crippen LogP contribution is 2.29. The molecule has 1 aliphatic rings. The monoisotopic (exact) mass is 411 g/mol. The molecule has 0 radical (unpaired) electrons. The molecule has 1 saturated heterocycles. The molecule has 30 heavy (non-hydrogen) atoms. The lowest BCUT2D eigenvalue weighted by molar-refractivity contribution is 0.202. The van der Waals surface area contributed by atoms with E-state index in [9.17, 15) is 13.2 Å². The van der Waals surface area contributed by atoms with Crippen molar-refractivity contribution in [3.8, 4) is 5.69 Å². The molecule has 1 aliphatic heterocycles. The van der Waals surface area contributed by atoms with Gasteiger partial charge in [0.25, 0.3) is 0 Å². The van der Waals surface area contributed by atoms with Crippen molar-refractivity contribution < 1.29 is 13.2 Å². The first-order valence-corrected chi connectivity index (χ1v) is 10.1. The van der Waals surface area contributed by atoms with Crippen LogP contribution in [0.2, 0.25) is 0 Å². The Morgan fingerprint density at radius 2 is 1.90 bits per heavy atom. The summed E-state index contributed by atoms with van der Waals surface area (Å²) in [7, 11) is 0. The number of aryl methyl sites for hydroxylation is 1. The largest absolute Gasteiger partial charge is 0.303 e. The molecular weight excluding hydrogens is 387 g/mol. The van der Waals surface area contributed by atoms with Gasteiger partial charge in [0, 0.05) is 30.4 Å². The van der Waals surface area contributed by atoms with Crippen LogP contribution in [0.25, 0.3) is 11.8 Å². The standard InChI is InChI=1S/C24H24F3N3/c1-16-13-30(15-28-16)24-8-5-18(11-23(24)27)10-19-4-3-9-29(14-19)17(2)21-7-6-20(25)12-22(21)26/h5-8,10-13,15,17H,3-4,9,14H2,1-2H3/b19-10+. The first-order chi connectivity index (χ1) is 14.4. The smallest absolute Gasteiger partial charge is 0.147 e. The molecule has 0 bridgehead atoms. The number of benzene rings is 2. The average molecular weight is 411 g/mol. The summed E-state index contributed by atoms with van der Waals surface area (Å²) in [6.07, 6.45) is 7.24. The first-order valence-electron chi connectivity index (χ1n) is 10.1. The van der Waals surface area contributed by atoms with E-state index in [1.54, 1.807) is 23.2 Å². The van der Waals surface area contributed by atoms with Gasteiger partial charge in [0.1, 0.15) is 17.5 Å². The average Bonchev–Trinajstić information content (AvgIpc) is 3.14. The minimum absolute atomic E-state index is 0.169. The fraction of sp³-hybridized carbons (Fsp3) is 0.292. The van der Waals surface area contributed by atoms with Gasteiger partial charge in [0.05, 0.1) is 17.7 Å². The lowest BCUT2D eigenvalue weighted by Crippen LogP contribution is -2.34. The highest BCUT2D eigenvalue weighted by atomic mass is 19.1. The van der Waals surface area contributed by atoms with Crippen LogP contribution in [-0.2, 0) is 0 Å². The Morgan fingerprint density at radius 3 is 2.60 bits per heavy atom. The Labute approximate surface area is 174 Å². The van der Waals surface area contributed by atoms with Crippen LogP contribution in [0.1, 0.15) is 42.6 Å². The van der Waals surface area contributed by atoms with Crippen molar-refractivity contribution in [3.05, 3.63) is 88.8 Å². The minimum Gasteiger partial charge on any atom is -0.303 e. The van der Waals surface area contributed by atoms with E-state index in [0.29, 0.717) is 17.8 Å². The van der Waals surface area contributed by atoms with Crippen molar-refractivity contribution >= 4 is 6.08 Å². The number of piperidine rings is 1. The summed E-state index contributed by atoms with van der Waals surface area (Å²) in [6.45, 7) is 5.30. The molecule has 4 rings (SSSR count). The van der Waals surface area contributed by atoms with Crippen LogP contribution in [0.4, 0.5) is 13.2 Å². The number of aromatic nitrogens is 2. The third-order valence-electron chi connectivity index (χ3n) is 5.64. The van der Waals surface area contributed by atoms with E-state index >= 15 is 0 Å². The second kappa shape index (κ2) is 8.48. The molecule has 0 amide bonds. The van der Waals surface area contributed by atoms with Crippen molar-refractivity contribution in [3.63, 3.8) is 0 Å². The van der Waals surface area contributed by atoms with Gasteiger partial charge in [-0.2, -0.15) is 0 Å². The fourth-order valence-electron chi connectivity index (χ4n) is 4.02. The second-order valence-electron chi connectivity index (χ2n) is 7.85. The molecule has 3 nitrogen and oxygen atoms in total. The van der Waals surface area contributed by atoms with Crippen LogP contribution in [0.3, 0.4) is 0 Å². The van der Waals surface area contributed by atoms with Crippen LogP contribution in [-0.4, -0.2) is 27.5 Å². The van der Waals surface area contributed by atoms with E-state index in [1.807, 2.05) is 26.0 Å². The molecule has 0 spiro atoms. The summed E-state index contributed by atoms with van der Waals surface area (Å²) < 4.78 is 43.7. The lowest BCUT2D eigenvalue weighted by atomic mass is 9.98. The van der Waals surface area contributed by atoms with E-state index in [4.69, 9.17) is 0 Å². The van der Waals surface area contributed by atoms with Gasteiger partial charge in [0.15, 0.2) is 0 Å². The zero-order valence-corrected chi connectivity index (χ0v) is 17.1. The van der Waals surface area contributed by atoms with Gasteiger partial charge >= 0.3 is 0 Å². The molecule has 1 aromatic heterocycles. The summed E-state index contributed by atoms with van der Waals surface area (Å²) in [5, 5.41) is 0. The molecule has 2 heterocycles. The molecule has 1 fully saturated rings. The number of imidazole rings is 1.